The Morgan fingerprint density at radius 1 is 1.38 bits per heavy atom. The molecule has 1 heterocycles. The number of ketones is 1. The van der Waals surface area contributed by atoms with Gasteiger partial charge in [-0.2, -0.15) is 0 Å². The summed E-state index contributed by atoms with van der Waals surface area (Å²) in [6, 6.07) is 8.08. The monoisotopic (exact) mass is 330 g/mol. The van der Waals surface area contributed by atoms with Gasteiger partial charge in [-0.1, -0.05) is 12.1 Å². The van der Waals surface area contributed by atoms with E-state index >= 15 is 0 Å². The summed E-state index contributed by atoms with van der Waals surface area (Å²) in [6.45, 7) is 2.03. The molecule has 1 aromatic rings. The summed E-state index contributed by atoms with van der Waals surface area (Å²) in [5.74, 6) is 0.213. The van der Waals surface area contributed by atoms with E-state index in [-0.39, 0.29) is 18.0 Å². The van der Waals surface area contributed by atoms with Crippen LogP contribution in [-0.4, -0.2) is 18.0 Å². The molecule has 0 spiro atoms. The Morgan fingerprint density at radius 3 is 2.62 bits per heavy atom. The third kappa shape index (κ3) is 3.04. The molecule has 0 N–H and O–H groups in total. The van der Waals surface area contributed by atoms with Gasteiger partial charge in [0.05, 0.1) is 6.10 Å². The number of halogens is 1. The van der Waals surface area contributed by atoms with Crippen LogP contribution in [0.5, 0.6) is 0 Å². The lowest BCUT2D eigenvalue weighted by atomic mass is 10.0. The Morgan fingerprint density at radius 2 is 2.06 bits per heavy atom. The molecule has 0 radical (unpaired) electrons. The molecule has 2 nitrogen and oxygen atoms in total. The fourth-order valence-electron chi connectivity index (χ4n) is 1.96. The van der Waals surface area contributed by atoms with Crippen LogP contribution < -0.4 is 0 Å². The number of hydrogen-bond acceptors (Lipinski definition) is 2. The highest BCUT2D eigenvalue weighted by molar-refractivity contribution is 14.1. The Bertz CT molecular complexity index is 372. The molecule has 1 fully saturated rings. The average molecular weight is 330 g/mol. The number of hydrogen-bond donors (Lipinski definition) is 0. The number of carbonyl (C=O) groups is 1. The summed E-state index contributed by atoms with van der Waals surface area (Å²) in [7, 11) is 0. The highest BCUT2D eigenvalue weighted by Gasteiger charge is 2.27. The standard InChI is InChI=1S/C13H15IO2/c1-9-2-7-13(16-9)12(15)8-10-3-5-11(14)6-4-10/h3-6,9,13H,2,7-8H2,1H3. The number of Topliss-reactive ketones (excluding diaryl/α,β-unsaturated/α-hetero) is 1. The van der Waals surface area contributed by atoms with Gasteiger partial charge in [0.25, 0.3) is 0 Å². The van der Waals surface area contributed by atoms with Crippen molar-refractivity contribution in [1.29, 1.82) is 0 Å². The average Bonchev–Trinajstić information content (AvgIpc) is 2.68. The van der Waals surface area contributed by atoms with Gasteiger partial charge < -0.3 is 4.74 Å². The molecule has 86 valence electrons. The van der Waals surface area contributed by atoms with E-state index < -0.39 is 0 Å². The van der Waals surface area contributed by atoms with Gasteiger partial charge in [0.2, 0.25) is 0 Å². The SMILES string of the molecule is CC1CCC(C(=O)Cc2ccc(I)cc2)O1. The van der Waals surface area contributed by atoms with Crippen LogP contribution in [0.25, 0.3) is 0 Å². The van der Waals surface area contributed by atoms with Gasteiger partial charge in [-0.25, -0.2) is 0 Å². The Balaban J connectivity index is 1.94. The maximum Gasteiger partial charge on any atom is 0.165 e. The van der Waals surface area contributed by atoms with Gasteiger partial charge >= 0.3 is 0 Å². The zero-order valence-corrected chi connectivity index (χ0v) is 11.4. The van der Waals surface area contributed by atoms with Crippen LogP contribution in [0.3, 0.4) is 0 Å². The normalized spacial score (nSPS) is 24.6. The summed E-state index contributed by atoms with van der Waals surface area (Å²) in [5, 5.41) is 0. The molecule has 2 rings (SSSR count). The number of rotatable bonds is 3. The molecule has 1 aliphatic rings. The van der Waals surface area contributed by atoms with Gasteiger partial charge in [-0.3, -0.25) is 4.79 Å². The molecular weight excluding hydrogens is 315 g/mol. The number of carbonyl (C=O) groups excluding carboxylic acids is 1. The van der Waals surface area contributed by atoms with Crippen LogP contribution in [0.1, 0.15) is 25.3 Å². The van der Waals surface area contributed by atoms with Crippen LogP contribution >= 0.6 is 22.6 Å². The van der Waals surface area contributed by atoms with E-state index in [1.165, 1.54) is 3.57 Å². The molecule has 1 aromatic carbocycles. The number of ether oxygens (including phenoxy) is 1. The minimum absolute atomic E-state index is 0.172. The van der Waals surface area contributed by atoms with Crippen LogP contribution in [0.15, 0.2) is 24.3 Å². The van der Waals surface area contributed by atoms with Gasteiger partial charge in [-0.15, -0.1) is 0 Å². The van der Waals surface area contributed by atoms with Crippen LogP contribution in [0.2, 0.25) is 0 Å². The molecule has 0 amide bonds. The van der Waals surface area contributed by atoms with Crippen molar-refractivity contribution in [2.75, 3.05) is 0 Å². The molecule has 1 aliphatic heterocycles. The van der Waals surface area contributed by atoms with Crippen LogP contribution in [0.4, 0.5) is 0 Å². The Hall–Kier alpha value is -0.420. The van der Waals surface area contributed by atoms with Crippen molar-refractivity contribution >= 4 is 28.4 Å². The molecule has 2 unspecified atom stereocenters. The molecule has 2 atom stereocenters. The maximum atomic E-state index is 11.9. The first-order valence-corrected chi connectivity index (χ1v) is 6.65. The fourth-order valence-corrected chi connectivity index (χ4v) is 2.32. The third-order valence-electron chi connectivity index (χ3n) is 2.88. The van der Waals surface area contributed by atoms with E-state index in [0.717, 1.165) is 18.4 Å². The lowest BCUT2D eigenvalue weighted by Crippen LogP contribution is -2.22. The van der Waals surface area contributed by atoms with Gasteiger partial charge in [0.15, 0.2) is 5.78 Å². The first kappa shape index (κ1) is 12.0. The lowest BCUT2D eigenvalue weighted by Gasteiger charge is -2.09. The predicted molar refractivity (Wildman–Crippen MR) is 71.4 cm³/mol. The van der Waals surface area contributed by atoms with Crippen LogP contribution in [0, 0.1) is 3.57 Å². The molecular formula is C13H15IO2. The first-order valence-electron chi connectivity index (χ1n) is 5.58. The van der Waals surface area contributed by atoms with Crippen molar-refractivity contribution in [3.05, 3.63) is 33.4 Å². The second kappa shape index (κ2) is 5.27. The molecule has 0 bridgehead atoms. The molecule has 3 heteroatoms. The summed E-state index contributed by atoms with van der Waals surface area (Å²) >= 11 is 2.26. The van der Waals surface area contributed by atoms with Crippen molar-refractivity contribution in [2.24, 2.45) is 0 Å². The van der Waals surface area contributed by atoms with Crippen molar-refractivity contribution < 1.29 is 9.53 Å². The third-order valence-corrected chi connectivity index (χ3v) is 3.60. The second-order valence-corrected chi connectivity index (χ2v) is 5.53. The highest BCUT2D eigenvalue weighted by atomic mass is 127. The van der Waals surface area contributed by atoms with Gasteiger partial charge in [-0.05, 0) is 60.1 Å². The predicted octanol–water partition coefficient (Wildman–Crippen LogP) is 2.97. The quantitative estimate of drug-likeness (QED) is 0.797. The first-order chi connectivity index (χ1) is 7.65. The van der Waals surface area contributed by atoms with Crippen LogP contribution in [-0.2, 0) is 16.0 Å². The molecule has 0 saturated carbocycles. The molecule has 0 aromatic heterocycles. The van der Waals surface area contributed by atoms with Crippen molar-refractivity contribution in [3.63, 3.8) is 0 Å². The largest absolute Gasteiger partial charge is 0.367 e. The minimum atomic E-state index is -0.172. The Labute approximate surface area is 110 Å². The van der Waals surface area contributed by atoms with E-state index in [4.69, 9.17) is 4.74 Å². The number of benzene rings is 1. The van der Waals surface area contributed by atoms with Crippen molar-refractivity contribution in [3.8, 4) is 0 Å². The summed E-state index contributed by atoms with van der Waals surface area (Å²) in [4.78, 5) is 11.9. The highest BCUT2D eigenvalue weighted by Crippen LogP contribution is 2.21. The minimum Gasteiger partial charge on any atom is -0.367 e. The summed E-state index contributed by atoms with van der Waals surface area (Å²) in [6.07, 6.45) is 2.45. The second-order valence-electron chi connectivity index (χ2n) is 4.28. The zero-order valence-electron chi connectivity index (χ0n) is 9.28. The molecule has 1 saturated heterocycles. The molecule has 0 aliphatic carbocycles. The molecule has 16 heavy (non-hydrogen) atoms. The van der Waals surface area contributed by atoms with Gasteiger partial charge in [0.1, 0.15) is 6.10 Å². The van der Waals surface area contributed by atoms with E-state index in [2.05, 4.69) is 22.6 Å². The maximum absolute atomic E-state index is 11.9. The summed E-state index contributed by atoms with van der Waals surface area (Å²) < 4.78 is 6.76. The van der Waals surface area contributed by atoms with Gasteiger partial charge in [0, 0.05) is 9.99 Å². The smallest absolute Gasteiger partial charge is 0.165 e. The Kier molecular flexibility index (Phi) is 3.97. The van der Waals surface area contributed by atoms with E-state index in [0.29, 0.717) is 6.42 Å². The topological polar surface area (TPSA) is 26.3 Å². The van der Waals surface area contributed by atoms with Crippen molar-refractivity contribution in [2.45, 2.75) is 38.4 Å². The fraction of sp³-hybridized carbons (Fsp3) is 0.462. The zero-order chi connectivity index (χ0) is 11.5. The van der Waals surface area contributed by atoms with E-state index in [9.17, 15) is 4.79 Å². The summed E-state index contributed by atoms with van der Waals surface area (Å²) in [5.41, 5.74) is 1.08. The van der Waals surface area contributed by atoms with E-state index in [1.54, 1.807) is 0 Å². The van der Waals surface area contributed by atoms with E-state index in [1.807, 2.05) is 31.2 Å². The van der Waals surface area contributed by atoms with Crippen molar-refractivity contribution in [1.82, 2.24) is 0 Å². The lowest BCUT2D eigenvalue weighted by molar-refractivity contribution is -0.128.